The highest BCUT2D eigenvalue weighted by molar-refractivity contribution is 5.44. The highest BCUT2D eigenvalue weighted by atomic mass is 16.3. The molecule has 1 N–H and O–H groups in total. The summed E-state index contributed by atoms with van der Waals surface area (Å²) in [6.45, 7) is 3.94. The van der Waals surface area contributed by atoms with E-state index in [2.05, 4.69) is 24.3 Å². The molecule has 15 heavy (non-hydrogen) atoms. The van der Waals surface area contributed by atoms with E-state index in [1.54, 1.807) is 0 Å². The summed E-state index contributed by atoms with van der Waals surface area (Å²) in [5.74, 6) is 0.996. The topological polar surface area (TPSA) is 20.2 Å². The van der Waals surface area contributed by atoms with Crippen LogP contribution in [0.3, 0.4) is 0 Å². The van der Waals surface area contributed by atoms with Crippen LogP contribution in [-0.2, 0) is 0 Å². The van der Waals surface area contributed by atoms with Crippen molar-refractivity contribution in [1.29, 1.82) is 0 Å². The third kappa shape index (κ3) is 2.06. The number of hydrogen-bond acceptors (Lipinski definition) is 1. The average Bonchev–Trinajstić information content (AvgIpc) is 2.26. The molecule has 0 spiro atoms. The molecular weight excluding hydrogens is 184 g/mol. The zero-order valence-corrected chi connectivity index (χ0v) is 9.46. The van der Waals surface area contributed by atoms with Gasteiger partial charge in [0.1, 0.15) is 5.75 Å². The Labute approximate surface area is 91.4 Å². The van der Waals surface area contributed by atoms with Gasteiger partial charge in [-0.05, 0) is 49.8 Å². The molecule has 0 radical (unpaired) electrons. The largest absolute Gasteiger partial charge is 0.507 e. The molecule has 1 heteroatoms. The van der Waals surface area contributed by atoms with E-state index >= 15 is 0 Å². The van der Waals surface area contributed by atoms with Crippen LogP contribution in [0.5, 0.6) is 5.75 Å². The molecule has 1 atom stereocenters. The molecule has 1 nitrogen and oxygen atoms in total. The van der Waals surface area contributed by atoms with Crippen molar-refractivity contribution in [1.82, 2.24) is 0 Å². The number of aryl methyl sites for hydroxylation is 2. The molecule has 0 aromatic heterocycles. The Morgan fingerprint density at radius 1 is 1.20 bits per heavy atom. The van der Waals surface area contributed by atoms with Crippen molar-refractivity contribution in [2.75, 3.05) is 0 Å². The molecule has 0 amide bonds. The maximum Gasteiger partial charge on any atom is 0.121 e. The number of phenolic OH excluding ortho intramolecular Hbond substituents is 1. The minimum absolute atomic E-state index is 0.443. The van der Waals surface area contributed by atoms with Crippen molar-refractivity contribution in [3.05, 3.63) is 41.0 Å². The molecule has 1 aromatic carbocycles. The van der Waals surface area contributed by atoms with Gasteiger partial charge < -0.3 is 5.11 Å². The van der Waals surface area contributed by atoms with Gasteiger partial charge in [-0.2, -0.15) is 0 Å². The van der Waals surface area contributed by atoms with E-state index < -0.39 is 0 Å². The summed E-state index contributed by atoms with van der Waals surface area (Å²) in [5, 5.41) is 9.71. The van der Waals surface area contributed by atoms with Crippen LogP contribution in [0.4, 0.5) is 0 Å². The van der Waals surface area contributed by atoms with E-state index in [0.717, 1.165) is 11.1 Å². The van der Waals surface area contributed by atoms with Gasteiger partial charge in [-0.15, -0.1) is 0 Å². The third-order valence-electron chi connectivity index (χ3n) is 3.20. The van der Waals surface area contributed by atoms with Crippen LogP contribution >= 0.6 is 0 Å². The normalized spacial score (nSPS) is 20.5. The lowest BCUT2D eigenvalue weighted by molar-refractivity contribution is 0.466. The first kappa shape index (κ1) is 10.3. The monoisotopic (exact) mass is 202 g/mol. The molecule has 1 unspecified atom stereocenters. The predicted octanol–water partition coefficient (Wildman–Crippen LogP) is 3.83. The summed E-state index contributed by atoms with van der Waals surface area (Å²) in [7, 11) is 0. The predicted molar refractivity (Wildman–Crippen MR) is 63.3 cm³/mol. The van der Waals surface area contributed by atoms with Crippen molar-refractivity contribution < 1.29 is 5.11 Å². The Bertz CT molecular complexity index is 367. The van der Waals surface area contributed by atoms with Gasteiger partial charge in [0.2, 0.25) is 0 Å². The van der Waals surface area contributed by atoms with Gasteiger partial charge in [0, 0.05) is 5.92 Å². The maximum atomic E-state index is 9.71. The summed E-state index contributed by atoms with van der Waals surface area (Å²) < 4.78 is 0. The van der Waals surface area contributed by atoms with Gasteiger partial charge in [-0.1, -0.05) is 24.3 Å². The van der Waals surface area contributed by atoms with Crippen LogP contribution in [-0.4, -0.2) is 5.11 Å². The lowest BCUT2D eigenvalue weighted by Crippen LogP contribution is -2.00. The molecule has 0 saturated heterocycles. The highest BCUT2D eigenvalue weighted by Gasteiger charge is 2.13. The van der Waals surface area contributed by atoms with E-state index in [9.17, 15) is 5.11 Å². The van der Waals surface area contributed by atoms with Gasteiger partial charge in [0.15, 0.2) is 0 Å². The van der Waals surface area contributed by atoms with Gasteiger partial charge >= 0.3 is 0 Å². The average molecular weight is 202 g/mol. The van der Waals surface area contributed by atoms with Crippen molar-refractivity contribution in [3.63, 3.8) is 0 Å². The van der Waals surface area contributed by atoms with E-state index in [1.165, 1.54) is 24.8 Å². The van der Waals surface area contributed by atoms with Crippen molar-refractivity contribution in [2.24, 2.45) is 0 Å². The first-order valence-corrected chi connectivity index (χ1v) is 5.65. The molecule has 0 bridgehead atoms. The number of hydrogen-bond donors (Lipinski definition) is 1. The Morgan fingerprint density at radius 3 is 2.40 bits per heavy atom. The zero-order chi connectivity index (χ0) is 10.8. The Hall–Kier alpha value is -1.24. The van der Waals surface area contributed by atoms with Gasteiger partial charge in [-0.3, -0.25) is 0 Å². The first-order chi connectivity index (χ1) is 7.18. The van der Waals surface area contributed by atoms with Gasteiger partial charge in [0.25, 0.3) is 0 Å². The van der Waals surface area contributed by atoms with Crippen LogP contribution in [0.15, 0.2) is 24.3 Å². The molecule has 1 aliphatic carbocycles. The SMILES string of the molecule is Cc1cc(C2C=CCCC2)cc(C)c1O. The number of benzene rings is 1. The van der Waals surface area contributed by atoms with Crippen LogP contribution in [0.2, 0.25) is 0 Å². The van der Waals surface area contributed by atoms with E-state index in [4.69, 9.17) is 0 Å². The number of phenols is 1. The van der Waals surface area contributed by atoms with Crippen LogP contribution in [0.1, 0.15) is 41.9 Å². The lowest BCUT2D eigenvalue weighted by Gasteiger charge is -2.18. The van der Waals surface area contributed by atoms with Crippen molar-refractivity contribution in [3.8, 4) is 5.75 Å². The van der Waals surface area contributed by atoms with Crippen LogP contribution < -0.4 is 0 Å². The summed E-state index contributed by atoms with van der Waals surface area (Å²) in [6, 6.07) is 4.23. The Balaban J connectivity index is 2.36. The molecule has 0 fully saturated rings. The quantitative estimate of drug-likeness (QED) is 0.686. The molecule has 2 rings (SSSR count). The highest BCUT2D eigenvalue weighted by Crippen LogP contribution is 2.32. The molecule has 1 aliphatic rings. The Morgan fingerprint density at radius 2 is 1.87 bits per heavy atom. The molecule has 0 saturated carbocycles. The third-order valence-corrected chi connectivity index (χ3v) is 3.20. The minimum Gasteiger partial charge on any atom is -0.507 e. The summed E-state index contributed by atoms with van der Waals surface area (Å²) in [5.41, 5.74) is 3.33. The van der Waals surface area contributed by atoms with Crippen molar-refractivity contribution >= 4 is 0 Å². The fourth-order valence-electron chi connectivity index (χ4n) is 2.29. The fraction of sp³-hybridized carbons (Fsp3) is 0.429. The van der Waals surface area contributed by atoms with Gasteiger partial charge in [0.05, 0.1) is 0 Å². The number of allylic oxidation sites excluding steroid dienone is 2. The van der Waals surface area contributed by atoms with Gasteiger partial charge in [-0.25, -0.2) is 0 Å². The molecule has 0 aliphatic heterocycles. The minimum atomic E-state index is 0.443. The standard InChI is InChI=1S/C14H18O/c1-10-8-13(9-11(2)14(10)15)12-6-4-3-5-7-12/h4,6,8-9,12,15H,3,5,7H2,1-2H3. The molecule has 1 aromatic rings. The Kier molecular flexibility index (Phi) is 2.81. The van der Waals surface area contributed by atoms with E-state index in [1.807, 2.05) is 13.8 Å². The fourth-order valence-corrected chi connectivity index (χ4v) is 2.29. The van der Waals surface area contributed by atoms with E-state index in [-0.39, 0.29) is 0 Å². The molecular formula is C14H18O. The van der Waals surface area contributed by atoms with Crippen LogP contribution in [0, 0.1) is 13.8 Å². The first-order valence-electron chi connectivity index (χ1n) is 5.65. The summed E-state index contributed by atoms with van der Waals surface area (Å²) >= 11 is 0. The zero-order valence-electron chi connectivity index (χ0n) is 9.46. The summed E-state index contributed by atoms with van der Waals surface area (Å²) in [6.07, 6.45) is 8.30. The maximum absolute atomic E-state index is 9.71. The second kappa shape index (κ2) is 4.09. The lowest BCUT2D eigenvalue weighted by atomic mass is 9.87. The summed E-state index contributed by atoms with van der Waals surface area (Å²) in [4.78, 5) is 0. The number of rotatable bonds is 1. The number of aromatic hydroxyl groups is 1. The second-order valence-electron chi connectivity index (χ2n) is 4.47. The smallest absolute Gasteiger partial charge is 0.121 e. The second-order valence-corrected chi connectivity index (χ2v) is 4.47. The van der Waals surface area contributed by atoms with Crippen molar-refractivity contribution in [2.45, 2.75) is 39.0 Å². The van der Waals surface area contributed by atoms with Crippen LogP contribution in [0.25, 0.3) is 0 Å². The molecule has 0 heterocycles. The molecule has 80 valence electrons. The van der Waals surface area contributed by atoms with E-state index in [0.29, 0.717) is 11.7 Å².